The molecule has 1 unspecified atom stereocenters. The number of hydrogen-bond donors (Lipinski definition) is 1. The molecule has 0 amide bonds. The summed E-state index contributed by atoms with van der Waals surface area (Å²) in [5.74, 6) is 0.0789. The molecule has 1 atom stereocenters. The number of benzene rings is 1. The first-order chi connectivity index (χ1) is 9.58. The van der Waals surface area contributed by atoms with Crippen LogP contribution in [-0.4, -0.2) is 20.8 Å². The summed E-state index contributed by atoms with van der Waals surface area (Å²) in [7, 11) is -3.48. The molecule has 120 valence electrons. The number of hydrogen-bond acceptors (Lipinski definition) is 3. The summed E-state index contributed by atoms with van der Waals surface area (Å²) in [4.78, 5) is 0. The van der Waals surface area contributed by atoms with Gasteiger partial charge in [0.05, 0.1) is 17.9 Å². The van der Waals surface area contributed by atoms with Gasteiger partial charge in [-0.25, -0.2) is 13.6 Å². The van der Waals surface area contributed by atoms with Crippen LogP contribution in [0.2, 0.25) is 0 Å². The fourth-order valence-electron chi connectivity index (χ4n) is 1.65. The monoisotopic (exact) mass is 325 g/mol. The molecule has 0 saturated heterocycles. The Morgan fingerprint density at radius 2 is 1.95 bits per heavy atom. The van der Waals surface area contributed by atoms with Crippen molar-refractivity contribution in [3.63, 3.8) is 0 Å². The standard InChI is InChI=1S/C13H18F3NO3S/c1-10(6-8-21(17,18)19)5-7-20-12-4-2-3-11(9-12)13(14,15)16/h2-4,9-10H,5-8H2,1H3,(H2,17,18,19). The van der Waals surface area contributed by atoms with Gasteiger partial charge in [-0.3, -0.25) is 0 Å². The van der Waals surface area contributed by atoms with Gasteiger partial charge in [-0.1, -0.05) is 13.0 Å². The third-order valence-electron chi connectivity index (χ3n) is 2.94. The van der Waals surface area contributed by atoms with E-state index in [4.69, 9.17) is 9.88 Å². The zero-order valence-electron chi connectivity index (χ0n) is 11.6. The molecule has 0 saturated carbocycles. The van der Waals surface area contributed by atoms with Gasteiger partial charge in [0.1, 0.15) is 5.75 Å². The molecule has 0 aromatic heterocycles. The highest BCUT2D eigenvalue weighted by Crippen LogP contribution is 2.31. The van der Waals surface area contributed by atoms with E-state index in [1.165, 1.54) is 12.1 Å². The van der Waals surface area contributed by atoms with Gasteiger partial charge in [0.2, 0.25) is 10.0 Å². The van der Waals surface area contributed by atoms with E-state index in [0.717, 1.165) is 12.1 Å². The second-order valence-electron chi connectivity index (χ2n) is 4.92. The van der Waals surface area contributed by atoms with Gasteiger partial charge in [-0.05, 0) is 37.0 Å². The minimum atomic E-state index is -4.40. The number of sulfonamides is 1. The third-order valence-corrected chi connectivity index (χ3v) is 3.74. The summed E-state index contributed by atoms with van der Waals surface area (Å²) in [6, 6.07) is 4.64. The average molecular weight is 325 g/mol. The second kappa shape index (κ2) is 7.13. The van der Waals surface area contributed by atoms with Gasteiger partial charge in [-0.2, -0.15) is 13.2 Å². The predicted molar refractivity (Wildman–Crippen MR) is 73.3 cm³/mol. The third kappa shape index (κ3) is 7.33. The minimum absolute atomic E-state index is 0.0501. The maximum Gasteiger partial charge on any atom is 0.416 e. The maximum absolute atomic E-state index is 12.5. The second-order valence-corrected chi connectivity index (χ2v) is 6.66. The van der Waals surface area contributed by atoms with E-state index >= 15 is 0 Å². The Balaban J connectivity index is 2.42. The van der Waals surface area contributed by atoms with E-state index in [-0.39, 0.29) is 24.0 Å². The lowest BCUT2D eigenvalue weighted by Crippen LogP contribution is -2.18. The van der Waals surface area contributed by atoms with Crippen molar-refractivity contribution in [2.24, 2.45) is 11.1 Å². The van der Waals surface area contributed by atoms with Crippen LogP contribution in [0, 0.1) is 5.92 Å². The van der Waals surface area contributed by atoms with Crippen molar-refractivity contribution in [1.29, 1.82) is 0 Å². The molecule has 8 heteroatoms. The van der Waals surface area contributed by atoms with Crippen LogP contribution in [-0.2, 0) is 16.2 Å². The quantitative estimate of drug-likeness (QED) is 0.838. The van der Waals surface area contributed by atoms with Crippen molar-refractivity contribution >= 4 is 10.0 Å². The zero-order valence-corrected chi connectivity index (χ0v) is 12.4. The van der Waals surface area contributed by atoms with Crippen LogP contribution in [0.1, 0.15) is 25.3 Å². The Labute approximate surface area is 122 Å². The molecule has 0 aliphatic carbocycles. The van der Waals surface area contributed by atoms with Gasteiger partial charge in [0.25, 0.3) is 0 Å². The number of ether oxygens (including phenoxy) is 1. The van der Waals surface area contributed by atoms with E-state index in [2.05, 4.69) is 0 Å². The topological polar surface area (TPSA) is 69.4 Å². The highest BCUT2D eigenvalue weighted by Gasteiger charge is 2.30. The molecule has 21 heavy (non-hydrogen) atoms. The first-order valence-electron chi connectivity index (χ1n) is 6.38. The molecule has 0 bridgehead atoms. The van der Waals surface area contributed by atoms with Crippen LogP contribution in [0.15, 0.2) is 24.3 Å². The lowest BCUT2D eigenvalue weighted by atomic mass is 10.1. The molecule has 0 aliphatic rings. The average Bonchev–Trinajstić information content (AvgIpc) is 2.35. The molecule has 2 N–H and O–H groups in total. The summed E-state index contributed by atoms with van der Waals surface area (Å²) in [6.45, 7) is 2.05. The highest BCUT2D eigenvalue weighted by molar-refractivity contribution is 7.89. The Kier molecular flexibility index (Phi) is 6.03. The van der Waals surface area contributed by atoms with Gasteiger partial charge < -0.3 is 4.74 Å². The molecular formula is C13H18F3NO3S. The lowest BCUT2D eigenvalue weighted by Gasteiger charge is -2.13. The van der Waals surface area contributed by atoms with Crippen molar-refractivity contribution in [2.45, 2.75) is 25.9 Å². The van der Waals surface area contributed by atoms with E-state index in [1.807, 2.05) is 6.92 Å². The molecule has 0 aliphatic heterocycles. The van der Waals surface area contributed by atoms with Crippen LogP contribution in [0.5, 0.6) is 5.75 Å². The fourth-order valence-corrected chi connectivity index (χ4v) is 2.38. The van der Waals surface area contributed by atoms with Gasteiger partial charge in [0.15, 0.2) is 0 Å². The van der Waals surface area contributed by atoms with E-state index in [0.29, 0.717) is 12.8 Å². The molecule has 0 heterocycles. The molecular weight excluding hydrogens is 307 g/mol. The molecule has 4 nitrogen and oxygen atoms in total. The van der Waals surface area contributed by atoms with Crippen LogP contribution >= 0.6 is 0 Å². The Morgan fingerprint density at radius 1 is 1.29 bits per heavy atom. The molecule has 0 fully saturated rings. The van der Waals surface area contributed by atoms with Crippen LogP contribution in [0.25, 0.3) is 0 Å². The maximum atomic E-state index is 12.5. The summed E-state index contributed by atoms with van der Waals surface area (Å²) in [5, 5.41) is 4.90. The normalized spacial score (nSPS) is 14.0. The van der Waals surface area contributed by atoms with Crippen LogP contribution < -0.4 is 9.88 Å². The van der Waals surface area contributed by atoms with Gasteiger partial charge in [-0.15, -0.1) is 0 Å². The smallest absolute Gasteiger partial charge is 0.416 e. The van der Waals surface area contributed by atoms with E-state index < -0.39 is 21.8 Å². The number of primary sulfonamides is 1. The Morgan fingerprint density at radius 3 is 2.52 bits per heavy atom. The van der Waals surface area contributed by atoms with E-state index in [1.54, 1.807) is 0 Å². The summed E-state index contributed by atoms with van der Waals surface area (Å²) in [6.07, 6.45) is -3.47. The van der Waals surface area contributed by atoms with Crippen molar-refractivity contribution in [3.05, 3.63) is 29.8 Å². The fraction of sp³-hybridized carbons (Fsp3) is 0.538. The van der Waals surface area contributed by atoms with Crippen LogP contribution in [0.3, 0.4) is 0 Å². The van der Waals surface area contributed by atoms with Crippen molar-refractivity contribution < 1.29 is 26.3 Å². The lowest BCUT2D eigenvalue weighted by molar-refractivity contribution is -0.137. The molecule has 1 rings (SSSR count). The molecule has 0 radical (unpaired) electrons. The zero-order chi connectivity index (χ0) is 16.1. The minimum Gasteiger partial charge on any atom is -0.494 e. The molecule has 1 aromatic carbocycles. The van der Waals surface area contributed by atoms with Crippen LogP contribution in [0.4, 0.5) is 13.2 Å². The van der Waals surface area contributed by atoms with Crippen molar-refractivity contribution in [2.75, 3.05) is 12.4 Å². The summed E-state index contributed by atoms with van der Waals surface area (Å²) in [5.41, 5.74) is -0.762. The largest absolute Gasteiger partial charge is 0.494 e. The number of nitrogens with two attached hydrogens (primary N) is 1. The SMILES string of the molecule is CC(CCOc1cccc(C(F)(F)F)c1)CCS(N)(=O)=O. The Bertz CT molecular complexity index is 558. The molecule has 1 aromatic rings. The van der Waals surface area contributed by atoms with Crippen molar-refractivity contribution in [3.8, 4) is 5.75 Å². The summed E-state index contributed by atoms with van der Waals surface area (Å²) < 4.78 is 64.4. The summed E-state index contributed by atoms with van der Waals surface area (Å²) >= 11 is 0. The predicted octanol–water partition coefficient (Wildman–Crippen LogP) is 2.79. The number of halogens is 3. The first-order valence-corrected chi connectivity index (χ1v) is 8.10. The Hall–Kier alpha value is -1.28. The highest BCUT2D eigenvalue weighted by atomic mass is 32.2. The first kappa shape index (κ1) is 17.8. The van der Waals surface area contributed by atoms with E-state index in [9.17, 15) is 21.6 Å². The van der Waals surface area contributed by atoms with Gasteiger partial charge >= 0.3 is 6.18 Å². The number of alkyl halides is 3. The van der Waals surface area contributed by atoms with Crippen molar-refractivity contribution in [1.82, 2.24) is 0 Å². The van der Waals surface area contributed by atoms with Gasteiger partial charge in [0, 0.05) is 0 Å². The molecule has 0 spiro atoms. The number of rotatable bonds is 7.